The maximum Gasteiger partial charge on any atom is 0.411 e. The molecule has 1 aromatic heterocycles. The molecule has 2 N–H and O–H groups in total. The topological polar surface area (TPSA) is 145 Å². The van der Waals surface area contributed by atoms with Gasteiger partial charge in [0.05, 0.1) is 47.6 Å². The largest absolute Gasteiger partial charge is 0.480 e. The summed E-state index contributed by atoms with van der Waals surface area (Å²) in [5.74, 6) is -4.45. The number of amides is 3. The van der Waals surface area contributed by atoms with E-state index in [0.717, 1.165) is 15.9 Å². The summed E-state index contributed by atoms with van der Waals surface area (Å²) in [4.78, 5) is 62.8. The van der Waals surface area contributed by atoms with Gasteiger partial charge in [-0.2, -0.15) is 13.2 Å². The number of carboxylic acid groups (broad SMARTS) is 1. The number of aliphatic imine (C=N–C) groups is 1. The molecule has 1 saturated heterocycles. The quantitative estimate of drug-likeness (QED) is 0.158. The Labute approximate surface area is 284 Å². The fraction of sp³-hybridized carbons (Fsp3) is 0.294. The summed E-state index contributed by atoms with van der Waals surface area (Å²) in [6.07, 6.45) is -0.578. The number of hydrogen-bond donors (Lipinski definition) is 2. The lowest BCUT2D eigenvalue weighted by atomic mass is 9.96. The minimum absolute atomic E-state index is 0.0156. The second-order valence-electron chi connectivity index (χ2n) is 11.4. The molecule has 12 nitrogen and oxygen atoms in total. The molecule has 2 atom stereocenters. The molecule has 4 rings (SSSR count). The van der Waals surface area contributed by atoms with Crippen LogP contribution in [0.25, 0.3) is 6.08 Å². The number of pyridine rings is 1. The maximum atomic E-state index is 15.4. The zero-order valence-corrected chi connectivity index (χ0v) is 27.3. The van der Waals surface area contributed by atoms with Crippen molar-refractivity contribution in [3.8, 4) is 0 Å². The van der Waals surface area contributed by atoms with Crippen LogP contribution in [0.4, 0.5) is 40.3 Å². The molecule has 2 heterocycles. The Kier molecular flexibility index (Phi) is 11.4. The fourth-order valence-electron chi connectivity index (χ4n) is 5.69. The first-order valence-electron chi connectivity index (χ1n) is 15.0. The van der Waals surface area contributed by atoms with E-state index in [9.17, 15) is 37.5 Å². The number of alkyl halides is 3. The number of carbonyl (C=O) groups excluding carboxylic acids is 3. The van der Waals surface area contributed by atoms with Gasteiger partial charge >= 0.3 is 12.1 Å². The first-order chi connectivity index (χ1) is 23.6. The summed E-state index contributed by atoms with van der Waals surface area (Å²) < 4.78 is 61.2. The molecule has 0 aliphatic carbocycles. The van der Waals surface area contributed by atoms with Gasteiger partial charge in [0.25, 0.3) is 11.8 Å². The average Bonchev–Trinajstić information content (AvgIpc) is 3.07. The van der Waals surface area contributed by atoms with Crippen molar-refractivity contribution in [3.05, 3.63) is 82.9 Å². The lowest BCUT2D eigenvalue weighted by Gasteiger charge is -2.38. The highest BCUT2D eigenvalue weighted by Gasteiger charge is 2.45. The summed E-state index contributed by atoms with van der Waals surface area (Å²) in [7, 11) is 3.39. The SMILES string of the molecule is C=Cc1c(CC(NC(=O)c2c(C)cc(N3CCOCC3C(F)(F)F)cc2F)C(=O)O)ccc(N(C=O)C(=O)c2ccncc2N(C)C)c1N=C. The number of aryl methyl sites for hydroxylation is 1. The lowest BCUT2D eigenvalue weighted by molar-refractivity contribution is -0.167. The molecule has 0 radical (unpaired) electrons. The van der Waals surface area contributed by atoms with Crippen molar-refractivity contribution in [2.75, 3.05) is 48.6 Å². The van der Waals surface area contributed by atoms with Crippen LogP contribution in [-0.2, 0) is 20.7 Å². The van der Waals surface area contributed by atoms with E-state index in [4.69, 9.17) is 4.74 Å². The number of imide groups is 1. The second kappa shape index (κ2) is 15.3. The number of morpholine rings is 1. The van der Waals surface area contributed by atoms with Gasteiger partial charge in [0.2, 0.25) is 6.41 Å². The number of aromatic nitrogens is 1. The highest BCUT2D eigenvalue weighted by Crippen LogP contribution is 2.37. The number of hydrogen-bond acceptors (Lipinski definition) is 9. The van der Waals surface area contributed by atoms with Crippen molar-refractivity contribution in [3.63, 3.8) is 0 Å². The van der Waals surface area contributed by atoms with Crippen molar-refractivity contribution in [1.82, 2.24) is 10.3 Å². The van der Waals surface area contributed by atoms with E-state index in [1.807, 2.05) is 0 Å². The first kappa shape index (κ1) is 37.2. The van der Waals surface area contributed by atoms with Crippen LogP contribution < -0.4 is 20.0 Å². The van der Waals surface area contributed by atoms with E-state index in [0.29, 0.717) is 12.1 Å². The van der Waals surface area contributed by atoms with Crippen LogP contribution >= 0.6 is 0 Å². The van der Waals surface area contributed by atoms with Crippen LogP contribution in [0, 0.1) is 12.7 Å². The monoisotopic (exact) mass is 698 g/mol. The van der Waals surface area contributed by atoms with Gasteiger partial charge in [0.15, 0.2) is 0 Å². The van der Waals surface area contributed by atoms with Gasteiger partial charge in [-0.3, -0.25) is 24.4 Å². The van der Waals surface area contributed by atoms with Crippen molar-refractivity contribution in [2.24, 2.45) is 4.99 Å². The molecular formula is C34H34F4N6O6. The molecule has 1 aliphatic rings. The number of ether oxygens (including phenoxy) is 1. The van der Waals surface area contributed by atoms with Gasteiger partial charge < -0.3 is 25.0 Å². The Morgan fingerprint density at radius 2 is 1.94 bits per heavy atom. The number of nitrogens with one attached hydrogen (secondary N) is 1. The standard InChI is InChI=1S/C34H34F4N6O6/c1-6-22-20(7-8-26(30(22)39-3)44(18-45)32(47)23-9-10-40-16-27(23)42(4)5)14-25(33(48)49)41-31(46)29-19(2)13-21(15-24(29)35)43-11-12-50-17-28(43)34(36,37)38/h6-10,13,15-16,18,25,28H,1,3,11-12,14,17H2,2,4-5H3,(H,41,46)(H,48,49). The minimum atomic E-state index is -4.66. The predicted octanol–water partition coefficient (Wildman–Crippen LogP) is 4.57. The van der Waals surface area contributed by atoms with Gasteiger partial charge in [0.1, 0.15) is 17.9 Å². The molecule has 0 bridgehead atoms. The van der Waals surface area contributed by atoms with Crippen molar-refractivity contribution in [2.45, 2.75) is 31.6 Å². The highest BCUT2D eigenvalue weighted by atomic mass is 19.4. The van der Waals surface area contributed by atoms with Crippen LogP contribution in [0.1, 0.15) is 37.4 Å². The Morgan fingerprint density at radius 1 is 1.22 bits per heavy atom. The Morgan fingerprint density at radius 3 is 2.52 bits per heavy atom. The Balaban J connectivity index is 1.64. The third-order valence-electron chi connectivity index (χ3n) is 8.11. The molecule has 0 spiro atoms. The lowest BCUT2D eigenvalue weighted by Crippen LogP contribution is -2.53. The molecule has 0 saturated carbocycles. The van der Waals surface area contributed by atoms with E-state index in [2.05, 4.69) is 28.6 Å². The van der Waals surface area contributed by atoms with Gasteiger partial charge in [-0.25, -0.2) is 14.1 Å². The summed E-state index contributed by atoms with van der Waals surface area (Å²) in [5.41, 5.74) is 0.434. The number of halogens is 4. The number of benzene rings is 2. The third-order valence-corrected chi connectivity index (χ3v) is 8.11. The molecule has 3 aromatic rings. The fourth-order valence-corrected chi connectivity index (χ4v) is 5.69. The smallest absolute Gasteiger partial charge is 0.411 e. The van der Waals surface area contributed by atoms with Gasteiger partial charge in [-0.1, -0.05) is 18.7 Å². The van der Waals surface area contributed by atoms with Crippen LogP contribution in [-0.4, -0.2) is 93.1 Å². The molecule has 2 unspecified atom stereocenters. The molecule has 3 amide bonds. The normalized spacial score (nSPS) is 15.1. The summed E-state index contributed by atoms with van der Waals surface area (Å²) in [6.45, 7) is 7.80. The zero-order chi connectivity index (χ0) is 36.9. The molecule has 16 heteroatoms. The van der Waals surface area contributed by atoms with E-state index in [1.165, 1.54) is 49.7 Å². The average molecular weight is 699 g/mol. The predicted molar refractivity (Wildman–Crippen MR) is 179 cm³/mol. The number of carbonyl (C=O) groups is 4. The van der Waals surface area contributed by atoms with Crippen LogP contribution in [0.15, 0.2) is 54.3 Å². The highest BCUT2D eigenvalue weighted by molar-refractivity contribution is 6.19. The maximum absolute atomic E-state index is 15.4. The van der Waals surface area contributed by atoms with Gasteiger partial charge in [-0.15, -0.1) is 0 Å². The van der Waals surface area contributed by atoms with E-state index in [1.54, 1.807) is 19.0 Å². The summed E-state index contributed by atoms with van der Waals surface area (Å²) in [6, 6.07) is 2.59. The minimum Gasteiger partial charge on any atom is -0.480 e. The van der Waals surface area contributed by atoms with Crippen LogP contribution in [0.2, 0.25) is 0 Å². The molecule has 264 valence electrons. The van der Waals surface area contributed by atoms with E-state index < -0.39 is 54.0 Å². The Hall–Kier alpha value is -5.64. The number of nitrogens with zero attached hydrogens (tertiary/aromatic N) is 5. The molecule has 2 aromatic carbocycles. The van der Waals surface area contributed by atoms with E-state index >= 15 is 4.39 Å². The number of rotatable bonds is 12. The molecular weight excluding hydrogens is 664 g/mol. The van der Waals surface area contributed by atoms with Gasteiger partial charge in [-0.05, 0) is 49.0 Å². The van der Waals surface area contributed by atoms with Crippen molar-refractivity contribution in [1.29, 1.82) is 0 Å². The molecule has 50 heavy (non-hydrogen) atoms. The second-order valence-corrected chi connectivity index (χ2v) is 11.4. The first-order valence-corrected chi connectivity index (χ1v) is 15.0. The van der Waals surface area contributed by atoms with E-state index in [-0.39, 0.29) is 58.9 Å². The van der Waals surface area contributed by atoms with Gasteiger partial charge in [0, 0.05) is 44.5 Å². The molecule has 1 aliphatic heterocycles. The third kappa shape index (κ3) is 7.64. The van der Waals surface area contributed by atoms with Crippen LogP contribution in [0.5, 0.6) is 0 Å². The van der Waals surface area contributed by atoms with Crippen molar-refractivity contribution < 1.29 is 46.6 Å². The molecule has 1 fully saturated rings. The van der Waals surface area contributed by atoms with Crippen molar-refractivity contribution >= 4 is 59.7 Å². The Bertz CT molecular complexity index is 1810. The number of anilines is 3. The summed E-state index contributed by atoms with van der Waals surface area (Å²) in [5, 5.41) is 12.3. The van der Waals surface area contributed by atoms with Crippen LogP contribution in [0.3, 0.4) is 0 Å². The zero-order valence-electron chi connectivity index (χ0n) is 27.3. The number of carboxylic acids is 1. The summed E-state index contributed by atoms with van der Waals surface area (Å²) >= 11 is 0. The number of aliphatic carboxylic acids is 1.